The van der Waals surface area contributed by atoms with E-state index in [4.69, 9.17) is 0 Å². The van der Waals surface area contributed by atoms with Crippen molar-refractivity contribution >= 4 is 5.69 Å². The smallest absolute Gasteiger partial charge is 0.0681 e. The number of aliphatic hydroxyl groups excluding tert-OH is 1. The molecule has 15 heavy (non-hydrogen) atoms. The zero-order valence-electron chi connectivity index (χ0n) is 8.92. The van der Waals surface area contributed by atoms with Gasteiger partial charge in [0.05, 0.1) is 6.61 Å². The molecule has 0 aromatic heterocycles. The molecule has 3 rings (SSSR count). The van der Waals surface area contributed by atoms with Gasteiger partial charge in [0.15, 0.2) is 0 Å². The molecule has 1 spiro atoms. The van der Waals surface area contributed by atoms with E-state index in [1.54, 1.807) is 0 Å². The lowest BCUT2D eigenvalue weighted by atomic mass is 9.80. The zero-order valence-corrected chi connectivity index (χ0v) is 8.92. The maximum Gasteiger partial charge on any atom is 0.0681 e. The Morgan fingerprint density at radius 1 is 1.27 bits per heavy atom. The Hall–Kier alpha value is -1.02. The van der Waals surface area contributed by atoms with Gasteiger partial charge in [0.25, 0.3) is 0 Å². The van der Waals surface area contributed by atoms with E-state index in [1.807, 2.05) is 6.07 Å². The standard InChI is InChI=1S/C13H17NO/c15-8-10-3-4-12-11(7-10)13(9-14-12)5-1-2-6-13/h3-4,7,14-15H,1-2,5-6,8-9H2. The molecule has 2 heteroatoms. The van der Waals surface area contributed by atoms with Crippen LogP contribution < -0.4 is 5.32 Å². The third kappa shape index (κ3) is 1.28. The predicted molar refractivity (Wildman–Crippen MR) is 61.0 cm³/mol. The second-order valence-corrected chi connectivity index (χ2v) is 4.88. The fourth-order valence-electron chi connectivity index (χ4n) is 3.14. The molecule has 1 fully saturated rings. The van der Waals surface area contributed by atoms with Gasteiger partial charge >= 0.3 is 0 Å². The fraction of sp³-hybridized carbons (Fsp3) is 0.538. The van der Waals surface area contributed by atoms with Gasteiger partial charge in [-0.25, -0.2) is 0 Å². The van der Waals surface area contributed by atoms with Crippen molar-refractivity contribution in [1.29, 1.82) is 0 Å². The van der Waals surface area contributed by atoms with Crippen molar-refractivity contribution in [2.24, 2.45) is 0 Å². The lowest BCUT2D eigenvalue weighted by molar-refractivity contribution is 0.281. The second-order valence-electron chi connectivity index (χ2n) is 4.88. The van der Waals surface area contributed by atoms with Gasteiger partial charge in [-0.1, -0.05) is 25.0 Å². The molecule has 2 nitrogen and oxygen atoms in total. The Bertz CT molecular complexity index is 380. The first-order valence-corrected chi connectivity index (χ1v) is 5.82. The van der Waals surface area contributed by atoms with Crippen LogP contribution in [-0.4, -0.2) is 11.7 Å². The molecule has 1 aromatic rings. The van der Waals surface area contributed by atoms with Crippen LogP contribution in [0.5, 0.6) is 0 Å². The summed E-state index contributed by atoms with van der Waals surface area (Å²) in [4.78, 5) is 0. The van der Waals surface area contributed by atoms with Crippen LogP contribution in [0.15, 0.2) is 18.2 Å². The Labute approximate surface area is 90.3 Å². The molecule has 80 valence electrons. The number of hydrogen-bond acceptors (Lipinski definition) is 2. The molecule has 0 bridgehead atoms. The SMILES string of the molecule is OCc1ccc2c(c1)C1(CCCC1)CN2. The lowest BCUT2D eigenvalue weighted by Gasteiger charge is -2.23. The van der Waals surface area contributed by atoms with E-state index < -0.39 is 0 Å². The van der Waals surface area contributed by atoms with Crippen molar-refractivity contribution in [2.75, 3.05) is 11.9 Å². The number of aliphatic hydroxyl groups is 1. The van der Waals surface area contributed by atoms with Crippen LogP contribution in [0.1, 0.15) is 36.8 Å². The second kappa shape index (κ2) is 3.24. The number of fused-ring (bicyclic) bond motifs is 2. The highest BCUT2D eigenvalue weighted by Gasteiger charge is 2.40. The summed E-state index contributed by atoms with van der Waals surface area (Å²) in [5.74, 6) is 0. The van der Waals surface area contributed by atoms with Crippen molar-refractivity contribution in [3.05, 3.63) is 29.3 Å². The first kappa shape index (κ1) is 9.22. The van der Waals surface area contributed by atoms with Crippen LogP contribution in [0, 0.1) is 0 Å². The molecule has 1 aliphatic carbocycles. The lowest BCUT2D eigenvalue weighted by Crippen LogP contribution is -2.24. The highest BCUT2D eigenvalue weighted by atomic mass is 16.3. The number of rotatable bonds is 1. The molecule has 1 aliphatic heterocycles. The van der Waals surface area contributed by atoms with Crippen LogP contribution in [-0.2, 0) is 12.0 Å². The summed E-state index contributed by atoms with van der Waals surface area (Å²) in [5, 5.41) is 12.7. The molecule has 1 saturated carbocycles. The van der Waals surface area contributed by atoms with Crippen molar-refractivity contribution in [2.45, 2.75) is 37.7 Å². The molecular formula is C13H17NO. The van der Waals surface area contributed by atoms with Gasteiger partial charge in [0.2, 0.25) is 0 Å². The number of hydrogen-bond donors (Lipinski definition) is 2. The van der Waals surface area contributed by atoms with Crippen molar-refractivity contribution in [3.8, 4) is 0 Å². The molecule has 1 heterocycles. The molecule has 0 atom stereocenters. The first-order chi connectivity index (χ1) is 7.34. The normalized spacial score (nSPS) is 21.7. The maximum atomic E-state index is 9.18. The maximum absolute atomic E-state index is 9.18. The quantitative estimate of drug-likeness (QED) is 0.734. The highest BCUT2D eigenvalue weighted by molar-refractivity contribution is 5.61. The summed E-state index contributed by atoms with van der Waals surface area (Å²) >= 11 is 0. The average molecular weight is 203 g/mol. The summed E-state index contributed by atoms with van der Waals surface area (Å²) in [6.07, 6.45) is 5.32. The molecule has 1 aromatic carbocycles. The molecule has 2 N–H and O–H groups in total. The molecule has 0 radical (unpaired) electrons. The number of benzene rings is 1. The minimum absolute atomic E-state index is 0.156. The Morgan fingerprint density at radius 3 is 2.80 bits per heavy atom. The van der Waals surface area contributed by atoms with Gasteiger partial charge in [0.1, 0.15) is 0 Å². The fourth-order valence-corrected chi connectivity index (χ4v) is 3.14. The van der Waals surface area contributed by atoms with Gasteiger partial charge < -0.3 is 10.4 Å². The largest absolute Gasteiger partial charge is 0.392 e. The Balaban J connectivity index is 2.07. The summed E-state index contributed by atoms with van der Waals surface area (Å²) in [6, 6.07) is 6.33. The Morgan fingerprint density at radius 2 is 2.07 bits per heavy atom. The van der Waals surface area contributed by atoms with E-state index in [1.165, 1.54) is 36.9 Å². The van der Waals surface area contributed by atoms with E-state index in [9.17, 15) is 5.11 Å². The van der Waals surface area contributed by atoms with Crippen molar-refractivity contribution in [3.63, 3.8) is 0 Å². The van der Waals surface area contributed by atoms with Crippen LogP contribution in [0.4, 0.5) is 5.69 Å². The van der Waals surface area contributed by atoms with Crippen LogP contribution >= 0.6 is 0 Å². The van der Waals surface area contributed by atoms with Gasteiger partial charge in [-0.15, -0.1) is 0 Å². The van der Waals surface area contributed by atoms with E-state index >= 15 is 0 Å². The summed E-state index contributed by atoms with van der Waals surface area (Å²) < 4.78 is 0. The highest BCUT2D eigenvalue weighted by Crippen LogP contribution is 2.48. The Kier molecular flexibility index (Phi) is 1.99. The zero-order chi connectivity index (χ0) is 10.3. The van der Waals surface area contributed by atoms with E-state index in [2.05, 4.69) is 17.4 Å². The number of anilines is 1. The van der Waals surface area contributed by atoms with Crippen LogP contribution in [0.25, 0.3) is 0 Å². The summed E-state index contributed by atoms with van der Waals surface area (Å²) in [5.41, 5.74) is 4.17. The molecule has 2 aliphatic rings. The summed E-state index contributed by atoms with van der Waals surface area (Å²) in [7, 11) is 0. The minimum Gasteiger partial charge on any atom is -0.392 e. The van der Waals surface area contributed by atoms with Gasteiger partial charge in [-0.3, -0.25) is 0 Å². The molecule has 0 unspecified atom stereocenters. The molecule has 0 amide bonds. The van der Waals surface area contributed by atoms with Crippen LogP contribution in [0.3, 0.4) is 0 Å². The summed E-state index contributed by atoms with van der Waals surface area (Å²) in [6.45, 7) is 1.25. The molecular weight excluding hydrogens is 186 g/mol. The molecule has 0 saturated heterocycles. The predicted octanol–water partition coefficient (Wildman–Crippen LogP) is 2.42. The first-order valence-electron chi connectivity index (χ1n) is 5.82. The van der Waals surface area contributed by atoms with Gasteiger partial charge in [-0.2, -0.15) is 0 Å². The van der Waals surface area contributed by atoms with E-state index in [-0.39, 0.29) is 6.61 Å². The minimum atomic E-state index is 0.156. The third-order valence-corrected chi connectivity index (χ3v) is 4.02. The van der Waals surface area contributed by atoms with E-state index in [0.717, 1.165) is 12.1 Å². The van der Waals surface area contributed by atoms with Gasteiger partial charge in [-0.05, 0) is 30.0 Å². The van der Waals surface area contributed by atoms with Gasteiger partial charge in [0, 0.05) is 17.6 Å². The van der Waals surface area contributed by atoms with Crippen LogP contribution in [0.2, 0.25) is 0 Å². The average Bonchev–Trinajstić information content (AvgIpc) is 2.89. The number of nitrogens with one attached hydrogen (secondary N) is 1. The third-order valence-electron chi connectivity index (χ3n) is 4.02. The van der Waals surface area contributed by atoms with Crippen molar-refractivity contribution < 1.29 is 5.11 Å². The van der Waals surface area contributed by atoms with E-state index in [0.29, 0.717) is 5.41 Å². The topological polar surface area (TPSA) is 32.3 Å². The van der Waals surface area contributed by atoms with Crippen molar-refractivity contribution in [1.82, 2.24) is 0 Å². The monoisotopic (exact) mass is 203 g/mol.